The molecule has 0 atom stereocenters. The van der Waals surface area contributed by atoms with Crippen LogP contribution in [-0.4, -0.2) is 34.4 Å². The predicted molar refractivity (Wildman–Crippen MR) is 133 cm³/mol. The third-order valence-electron chi connectivity index (χ3n) is 6.18. The van der Waals surface area contributed by atoms with Crippen molar-refractivity contribution in [1.82, 2.24) is 9.55 Å². The van der Waals surface area contributed by atoms with Gasteiger partial charge in [-0.05, 0) is 42.0 Å². The molecule has 1 fully saturated rings. The number of esters is 1. The van der Waals surface area contributed by atoms with Gasteiger partial charge in [0.25, 0.3) is 5.56 Å². The molecule has 2 aromatic heterocycles. The van der Waals surface area contributed by atoms with Crippen molar-refractivity contribution in [2.75, 3.05) is 12.0 Å². The lowest BCUT2D eigenvalue weighted by molar-refractivity contribution is -0.139. The smallest absolute Gasteiger partial charge is 0.309 e. The molecule has 1 aliphatic rings. The van der Waals surface area contributed by atoms with Crippen molar-refractivity contribution in [3.8, 4) is 22.6 Å². The van der Waals surface area contributed by atoms with E-state index in [0.717, 1.165) is 5.56 Å². The molecule has 0 aliphatic carbocycles. The van der Waals surface area contributed by atoms with Gasteiger partial charge in [0.2, 0.25) is 11.8 Å². The Bertz CT molecular complexity index is 1550. The van der Waals surface area contributed by atoms with Crippen LogP contribution >= 0.6 is 0 Å². The molecule has 9 heteroatoms. The van der Waals surface area contributed by atoms with E-state index in [-0.39, 0.29) is 42.6 Å². The molecule has 1 N–H and O–H groups in total. The SMILES string of the molecule is COC(=O)Cc1ccc(Oc2ccc(N3C(=O)CCC3=O)cc2-c2cn(C)c(=O)c3[nH]ccc23)cc1. The fraction of sp³-hybridized carbons (Fsp3) is 0.185. The zero-order valence-electron chi connectivity index (χ0n) is 19.7. The van der Waals surface area contributed by atoms with Gasteiger partial charge in [0.15, 0.2) is 0 Å². The Hall–Kier alpha value is -4.66. The molecule has 0 spiro atoms. The number of carbonyl (C=O) groups is 3. The van der Waals surface area contributed by atoms with E-state index >= 15 is 0 Å². The molecule has 36 heavy (non-hydrogen) atoms. The predicted octanol–water partition coefficient (Wildman–Crippen LogP) is 3.69. The van der Waals surface area contributed by atoms with Crippen molar-refractivity contribution in [2.24, 2.45) is 7.05 Å². The van der Waals surface area contributed by atoms with Crippen molar-refractivity contribution in [3.63, 3.8) is 0 Å². The third-order valence-corrected chi connectivity index (χ3v) is 6.18. The highest BCUT2D eigenvalue weighted by Crippen LogP contribution is 2.39. The summed E-state index contributed by atoms with van der Waals surface area (Å²) in [4.78, 5) is 53.1. The monoisotopic (exact) mass is 485 g/mol. The second kappa shape index (κ2) is 9.18. The lowest BCUT2D eigenvalue weighted by Gasteiger charge is -2.19. The molecule has 0 radical (unpaired) electrons. The standard InChI is InChI=1S/C27H23N3O6/c1-29-15-21(19-11-12-28-26(19)27(29)34)20-14-17(30-23(31)9-10-24(30)32)5-8-22(20)36-18-6-3-16(4-7-18)13-25(33)35-2/h3-8,11-12,14-15,28H,9-10,13H2,1-2H3. The number of H-pyrrole nitrogens is 1. The summed E-state index contributed by atoms with van der Waals surface area (Å²) >= 11 is 0. The number of fused-ring (bicyclic) bond motifs is 1. The summed E-state index contributed by atoms with van der Waals surface area (Å²) in [7, 11) is 3.00. The highest BCUT2D eigenvalue weighted by Gasteiger charge is 2.31. The molecule has 0 unspecified atom stereocenters. The van der Waals surface area contributed by atoms with E-state index in [1.807, 2.05) is 0 Å². The van der Waals surface area contributed by atoms with Crippen LogP contribution in [0, 0.1) is 0 Å². The van der Waals surface area contributed by atoms with E-state index < -0.39 is 0 Å². The molecule has 3 heterocycles. The van der Waals surface area contributed by atoms with Crippen LogP contribution in [0.2, 0.25) is 0 Å². The number of rotatable bonds is 6. The van der Waals surface area contributed by atoms with Crippen molar-refractivity contribution in [3.05, 3.63) is 76.8 Å². The van der Waals surface area contributed by atoms with Crippen LogP contribution < -0.4 is 15.2 Å². The Morgan fingerprint density at radius 3 is 2.39 bits per heavy atom. The highest BCUT2D eigenvalue weighted by atomic mass is 16.5. The van der Waals surface area contributed by atoms with Gasteiger partial charge >= 0.3 is 5.97 Å². The van der Waals surface area contributed by atoms with Crippen LogP contribution in [-0.2, 0) is 32.6 Å². The molecule has 182 valence electrons. The number of aryl methyl sites for hydroxylation is 1. The van der Waals surface area contributed by atoms with Gasteiger partial charge in [0.1, 0.15) is 17.0 Å². The van der Waals surface area contributed by atoms with E-state index in [1.165, 1.54) is 16.6 Å². The number of benzene rings is 2. The molecule has 0 saturated carbocycles. The van der Waals surface area contributed by atoms with Crippen molar-refractivity contribution in [2.45, 2.75) is 19.3 Å². The highest BCUT2D eigenvalue weighted by molar-refractivity contribution is 6.20. The second-order valence-electron chi connectivity index (χ2n) is 8.53. The van der Waals surface area contributed by atoms with Crippen molar-refractivity contribution in [1.29, 1.82) is 0 Å². The summed E-state index contributed by atoms with van der Waals surface area (Å²) in [5, 5.41) is 0.688. The Labute approximate surface area is 205 Å². The third kappa shape index (κ3) is 4.15. The molecule has 0 bridgehead atoms. The first kappa shape index (κ1) is 23.1. The van der Waals surface area contributed by atoms with Crippen LogP contribution in [0.4, 0.5) is 5.69 Å². The molecule has 4 aromatic rings. The number of carbonyl (C=O) groups excluding carboxylic acids is 3. The number of imide groups is 1. The molecule has 5 rings (SSSR count). The fourth-order valence-electron chi connectivity index (χ4n) is 4.35. The molecule has 9 nitrogen and oxygen atoms in total. The molecule has 1 aliphatic heterocycles. The summed E-state index contributed by atoms with van der Waals surface area (Å²) in [5.74, 6) is 0.152. The number of nitrogens with zero attached hydrogens (tertiary/aromatic N) is 2. The summed E-state index contributed by atoms with van der Waals surface area (Å²) in [5.41, 5.74) is 2.79. The number of aromatic amines is 1. The van der Waals surface area contributed by atoms with Crippen molar-refractivity contribution < 1.29 is 23.9 Å². The Kier molecular flexibility index (Phi) is 5.89. The van der Waals surface area contributed by atoms with E-state index in [9.17, 15) is 19.2 Å². The first-order valence-electron chi connectivity index (χ1n) is 11.4. The van der Waals surface area contributed by atoms with Gasteiger partial charge in [-0.15, -0.1) is 0 Å². The number of ether oxygens (including phenoxy) is 2. The lowest BCUT2D eigenvalue weighted by Crippen LogP contribution is -2.28. The topological polar surface area (TPSA) is 111 Å². The van der Waals surface area contributed by atoms with Gasteiger partial charge in [0.05, 0.1) is 19.2 Å². The molecular formula is C27H23N3O6. The van der Waals surface area contributed by atoms with E-state index in [4.69, 9.17) is 9.47 Å². The number of aromatic nitrogens is 2. The van der Waals surface area contributed by atoms with Gasteiger partial charge in [0, 0.05) is 48.8 Å². The summed E-state index contributed by atoms with van der Waals surface area (Å²) in [6, 6.07) is 13.9. The minimum absolute atomic E-state index is 0.151. The van der Waals surface area contributed by atoms with Gasteiger partial charge in [-0.1, -0.05) is 12.1 Å². The molecule has 1 saturated heterocycles. The minimum atomic E-state index is -0.335. The van der Waals surface area contributed by atoms with Crippen LogP contribution in [0.15, 0.2) is 65.7 Å². The van der Waals surface area contributed by atoms with Crippen LogP contribution in [0.3, 0.4) is 0 Å². The van der Waals surface area contributed by atoms with E-state index in [0.29, 0.717) is 39.2 Å². The van der Waals surface area contributed by atoms with Crippen LogP contribution in [0.1, 0.15) is 18.4 Å². The summed E-state index contributed by atoms with van der Waals surface area (Å²) in [6.07, 6.45) is 3.89. The van der Waals surface area contributed by atoms with Gasteiger partial charge in [-0.3, -0.25) is 24.1 Å². The van der Waals surface area contributed by atoms with Gasteiger partial charge in [-0.2, -0.15) is 0 Å². The molecule has 2 amide bonds. The van der Waals surface area contributed by atoms with Gasteiger partial charge in [-0.25, -0.2) is 0 Å². The Morgan fingerprint density at radius 1 is 0.972 bits per heavy atom. The van der Waals surface area contributed by atoms with Crippen molar-refractivity contribution >= 4 is 34.4 Å². The number of amides is 2. The lowest BCUT2D eigenvalue weighted by atomic mass is 10.0. The minimum Gasteiger partial charge on any atom is -0.469 e. The zero-order valence-corrected chi connectivity index (χ0v) is 19.7. The quantitative estimate of drug-likeness (QED) is 0.329. The normalized spacial score (nSPS) is 13.4. The van der Waals surface area contributed by atoms with E-state index in [1.54, 1.807) is 68.0 Å². The average Bonchev–Trinajstić information content (AvgIpc) is 3.50. The Morgan fingerprint density at radius 2 is 1.69 bits per heavy atom. The number of nitrogens with one attached hydrogen (secondary N) is 1. The molecular weight excluding hydrogens is 462 g/mol. The van der Waals surface area contributed by atoms with Crippen LogP contribution in [0.25, 0.3) is 22.0 Å². The second-order valence-corrected chi connectivity index (χ2v) is 8.53. The maximum atomic E-state index is 12.6. The number of methoxy groups -OCH3 is 1. The number of pyridine rings is 1. The Balaban J connectivity index is 1.61. The summed E-state index contributed by atoms with van der Waals surface area (Å²) < 4.78 is 12.4. The molecule has 2 aromatic carbocycles. The maximum absolute atomic E-state index is 12.6. The largest absolute Gasteiger partial charge is 0.469 e. The fourth-order valence-corrected chi connectivity index (χ4v) is 4.35. The first-order chi connectivity index (χ1) is 17.4. The van der Waals surface area contributed by atoms with Gasteiger partial charge < -0.3 is 19.0 Å². The number of hydrogen-bond acceptors (Lipinski definition) is 6. The average molecular weight is 485 g/mol. The summed E-state index contributed by atoms with van der Waals surface area (Å²) in [6.45, 7) is 0. The number of anilines is 1. The number of hydrogen-bond donors (Lipinski definition) is 1. The maximum Gasteiger partial charge on any atom is 0.309 e. The van der Waals surface area contributed by atoms with Crippen LogP contribution in [0.5, 0.6) is 11.5 Å². The van der Waals surface area contributed by atoms with E-state index in [2.05, 4.69) is 4.98 Å². The zero-order chi connectivity index (χ0) is 25.4. The first-order valence-corrected chi connectivity index (χ1v) is 11.4.